The van der Waals surface area contributed by atoms with E-state index in [9.17, 15) is 14.4 Å². The molecule has 0 radical (unpaired) electrons. The zero-order valence-electron chi connectivity index (χ0n) is 10.7. The van der Waals surface area contributed by atoms with Crippen LogP contribution in [0.2, 0.25) is 0 Å². The summed E-state index contributed by atoms with van der Waals surface area (Å²) in [6.45, 7) is 4.14. The third-order valence-corrected chi connectivity index (χ3v) is 0.609. The van der Waals surface area contributed by atoms with E-state index in [1.54, 1.807) is 0 Å². The molecular weight excluding hydrogens is 277 g/mol. The van der Waals surface area contributed by atoms with Gasteiger partial charge in [0, 0.05) is 26.7 Å². The molecular formula is C8H12KNO8. The van der Waals surface area contributed by atoms with Gasteiger partial charge in [-0.1, -0.05) is 0 Å². The molecule has 10 heteroatoms. The number of hydrogen-bond acceptors (Lipinski definition) is 9. The van der Waals surface area contributed by atoms with E-state index in [0.29, 0.717) is 0 Å². The average molecular weight is 289 g/mol. The van der Waals surface area contributed by atoms with Crippen molar-refractivity contribution in [1.82, 2.24) is 5.39 Å². The molecule has 0 aliphatic heterocycles. The van der Waals surface area contributed by atoms with E-state index < -0.39 is 23.9 Å². The zero-order valence-corrected chi connectivity index (χ0v) is 13.8. The molecule has 9 nitrogen and oxygen atoms in total. The van der Waals surface area contributed by atoms with Gasteiger partial charge in [-0.05, 0) is 6.92 Å². The van der Waals surface area contributed by atoms with E-state index in [4.69, 9.17) is 9.90 Å². The van der Waals surface area contributed by atoms with Crippen LogP contribution in [0.4, 0.5) is 0 Å². The minimum atomic E-state index is -1.08. The number of hydrogen-bond donors (Lipinski definition) is 0. The summed E-state index contributed by atoms with van der Waals surface area (Å²) >= 11 is 0. The maximum atomic E-state index is 10.4. The molecule has 0 N–H and O–H groups in total. The van der Waals surface area contributed by atoms with E-state index in [-0.39, 0.29) is 56.8 Å². The molecule has 0 aromatic heterocycles. The first-order valence-electron chi connectivity index (χ1n) is 4.18. The fraction of sp³-hybridized carbons (Fsp3) is 0.500. The molecule has 0 saturated carbocycles. The van der Waals surface area contributed by atoms with Gasteiger partial charge in [-0.15, -0.1) is 0 Å². The number of rotatable bonds is 3. The van der Waals surface area contributed by atoms with Gasteiger partial charge in [0.15, 0.2) is 0 Å². The molecule has 0 aromatic carbocycles. The minimum absolute atomic E-state index is 0. The summed E-state index contributed by atoms with van der Waals surface area (Å²) in [5.74, 6) is -3.45. The van der Waals surface area contributed by atoms with E-state index in [1.165, 1.54) is 0 Å². The molecule has 0 unspecified atom stereocenters. The minimum Gasteiger partial charge on any atom is -0.550 e. The van der Waals surface area contributed by atoms with Gasteiger partial charge in [-0.2, -0.15) is 0 Å². The molecule has 0 fully saturated rings. The summed E-state index contributed by atoms with van der Waals surface area (Å²) < 4.78 is 0. The second-order valence-electron chi connectivity index (χ2n) is 2.46. The van der Waals surface area contributed by atoms with Gasteiger partial charge in [0.05, 0.1) is 0 Å². The van der Waals surface area contributed by atoms with Crippen molar-refractivity contribution in [2.75, 3.05) is 0 Å². The van der Waals surface area contributed by atoms with Crippen molar-refractivity contribution in [3.63, 3.8) is 0 Å². The van der Waals surface area contributed by atoms with Gasteiger partial charge in [-0.25, -0.2) is 0 Å². The molecule has 0 rings (SSSR count). The van der Waals surface area contributed by atoms with Crippen LogP contribution in [-0.4, -0.2) is 29.3 Å². The molecule has 0 aromatic rings. The van der Waals surface area contributed by atoms with Gasteiger partial charge in [0.1, 0.15) is 0 Å². The van der Waals surface area contributed by atoms with Gasteiger partial charge in [0.25, 0.3) is 0 Å². The molecule has 0 atom stereocenters. The van der Waals surface area contributed by atoms with Gasteiger partial charge in [-0.3, -0.25) is 14.4 Å². The standard InChI is InChI=1S/C6H9NO6.C2H4O2.K/c1-4(8)11-7(12-5(2)9)13-6(3)10;1-2(3)4;/h1-3H3;1H3,(H,3,4);/q;;+1/p-1. The maximum absolute atomic E-state index is 10.4. The van der Waals surface area contributed by atoms with Crippen molar-refractivity contribution in [3.05, 3.63) is 0 Å². The molecule has 0 heterocycles. The smallest absolute Gasteiger partial charge is 0.550 e. The Bertz CT molecular complexity index is 263. The fourth-order valence-electron chi connectivity index (χ4n) is 0.371. The summed E-state index contributed by atoms with van der Waals surface area (Å²) in [5.41, 5.74) is 0. The van der Waals surface area contributed by atoms with Crippen LogP contribution in [0.15, 0.2) is 0 Å². The number of carbonyl (C=O) groups excluding carboxylic acids is 4. The SMILES string of the molecule is CC(=O)ON(OC(C)=O)OC(C)=O.CC(=O)[O-].[K+]. The van der Waals surface area contributed by atoms with Crippen LogP contribution in [0.25, 0.3) is 0 Å². The number of carbonyl (C=O) groups is 4. The first kappa shape index (κ1) is 22.6. The van der Waals surface area contributed by atoms with Crippen LogP contribution in [0.1, 0.15) is 27.7 Å². The number of nitrogens with zero attached hydrogens (tertiary/aromatic N) is 1. The molecule has 0 saturated heterocycles. The summed E-state index contributed by atoms with van der Waals surface area (Å²) in [5, 5.41) is 8.94. The second-order valence-corrected chi connectivity index (χ2v) is 2.46. The van der Waals surface area contributed by atoms with Crippen LogP contribution in [0.5, 0.6) is 0 Å². The maximum Gasteiger partial charge on any atom is 1.00 e. The fourth-order valence-corrected chi connectivity index (χ4v) is 0.371. The average Bonchev–Trinajstić information content (AvgIpc) is 1.96. The summed E-state index contributed by atoms with van der Waals surface area (Å²) in [7, 11) is 0. The van der Waals surface area contributed by atoms with Crippen molar-refractivity contribution < 1.29 is 90.2 Å². The summed E-state index contributed by atoms with van der Waals surface area (Å²) in [6.07, 6.45) is 0. The Labute approximate surface area is 146 Å². The quantitative estimate of drug-likeness (QED) is 0.373. The largest absolute Gasteiger partial charge is 1.00 e. The Morgan fingerprint density at radius 2 is 0.944 bits per heavy atom. The molecule has 0 aliphatic rings. The summed E-state index contributed by atoms with van der Waals surface area (Å²) in [6, 6.07) is 0. The predicted molar refractivity (Wildman–Crippen MR) is 47.8 cm³/mol. The van der Waals surface area contributed by atoms with Crippen LogP contribution < -0.4 is 56.5 Å². The number of carboxylic acid groups (broad SMARTS) is 1. The van der Waals surface area contributed by atoms with E-state index in [0.717, 1.165) is 27.7 Å². The first-order valence-corrected chi connectivity index (χ1v) is 4.18. The van der Waals surface area contributed by atoms with Crippen molar-refractivity contribution in [2.45, 2.75) is 27.7 Å². The van der Waals surface area contributed by atoms with E-state index >= 15 is 0 Å². The monoisotopic (exact) mass is 289 g/mol. The Balaban J connectivity index is -0.000000392. The first-order chi connectivity index (χ1) is 7.65. The molecule has 0 aliphatic carbocycles. The third kappa shape index (κ3) is 24.6. The topological polar surface area (TPSA) is 122 Å². The number of carboxylic acids is 1. The van der Waals surface area contributed by atoms with Gasteiger partial charge >= 0.3 is 69.3 Å². The Hall–Kier alpha value is -0.524. The Morgan fingerprint density at radius 1 is 0.778 bits per heavy atom. The van der Waals surface area contributed by atoms with Crippen molar-refractivity contribution in [2.24, 2.45) is 0 Å². The third-order valence-electron chi connectivity index (χ3n) is 0.609. The van der Waals surface area contributed by atoms with Crippen LogP contribution >= 0.6 is 0 Å². The predicted octanol–water partition coefficient (Wildman–Crippen LogP) is -4.52. The Kier molecular flexibility index (Phi) is 16.3. The van der Waals surface area contributed by atoms with Crippen molar-refractivity contribution >= 4 is 23.9 Å². The van der Waals surface area contributed by atoms with Crippen LogP contribution in [-0.2, 0) is 33.7 Å². The molecule has 0 spiro atoms. The van der Waals surface area contributed by atoms with E-state index in [1.807, 2.05) is 0 Å². The summed E-state index contributed by atoms with van der Waals surface area (Å²) in [4.78, 5) is 52.5. The van der Waals surface area contributed by atoms with Crippen molar-refractivity contribution in [1.29, 1.82) is 0 Å². The normalized spacial score (nSPS) is 8.06. The number of aliphatic carboxylic acids is 1. The second kappa shape index (κ2) is 12.9. The molecule has 0 amide bonds. The van der Waals surface area contributed by atoms with Gasteiger partial charge < -0.3 is 24.4 Å². The van der Waals surface area contributed by atoms with E-state index in [2.05, 4.69) is 14.5 Å². The Morgan fingerprint density at radius 3 is 1.06 bits per heavy atom. The molecule has 18 heavy (non-hydrogen) atoms. The van der Waals surface area contributed by atoms with Crippen LogP contribution in [0.3, 0.4) is 0 Å². The zero-order chi connectivity index (χ0) is 14.0. The molecule has 98 valence electrons. The van der Waals surface area contributed by atoms with Crippen LogP contribution in [0, 0.1) is 0 Å². The van der Waals surface area contributed by atoms with Gasteiger partial charge in [0.2, 0.25) is 5.39 Å². The molecule has 0 bridgehead atoms. The van der Waals surface area contributed by atoms with Crippen molar-refractivity contribution in [3.8, 4) is 0 Å².